The third-order valence-electron chi connectivity index (χ3n) is 4.16. The van der Waals surface area contributed by atoms with Gasteiger partial charge in [0.15, 0.2) is 17.4 Å². The van der Waals surface area contributed by atoms with E-state index in [1.807, 2.05) is 44.2 Å². The minimum Gasteiger partial charge on any atom is -0.293 e. The summed E-state index contributed by atoms with van der Waals surface area (Å²) in [5.41, 5.74) is -0.165. The van der Waals surface area contributed by atoms with Crippen LogP contribution in [0.1, 0.15) is 42.6 Å². The molecule has 2 aromatic rings. The molecule has 0 spiro atoms. The molecule has 110 valence electrons. The maximum absolute atomic E-state index is 14.0. The molecule has 2 aromatic carbocycles. The Morgan fingerprint density at radius 1 is 0.952 bits per heavy atom. The first-order chi connectivity index (χ1) is 10.1. The molecule has 0 heterocycles. The second kappa shape index (κ2) is 6.17. The van der Waals surface area contributed by atoms with Gasteiger partial charge in [0.25, 0.3) is 0 Å². The minimum absolute atomic E-state index is 0.178. The molecule has 2 rings (SSSR count). The van der Waals surface area contributed by atoms with Crippen molar-refractivity contribution in [3.05, 3.63) is 71.3 Å². The summed E-state index contributed by atoms with van der Waals surface area (Å²) in [5, 5.41) is 0. The van der Waals surface area contributed by atoms with Crippen molar-refractivity contribution in [2.75, 3.05) is 0 Å². The zero-order chi connectivity index (χ0) is 15.5. The SMILES string of the molecule is CCC(CC)(C(=O)c1cccc(F)c1F)c1ccccc1. The summed E-state index contributed by atoms with van der Waals surface area (Å²) in [6, 6.07) is 13.0. The highest BCUT2D eigenvalue weighted by Crippen LogP contribution is 2.36. The van der Waals surface area contributed by atoms with Crippen molar-refractivity contribution in [1.29, 1.82) is 0 Å². The van der Waals surface area contributed by atoms with Crippen LogP contribution in [0.25, 0.3) is 0 Å². The molecule has 0 N–H and O–H groups in total. The third-order valence-corrected chi connectivity index (χ3v) is 4.16. The van der Waals surface area contributed by atoms with Crippen molar-refractivity contribution in [3.63, 3.8) is 0 Å². The molecule has 0 bridgehead atoms. The van der Waals surface area contributed by atoms with E-state index in [1.165, 1.54) is 12.1 Å². The van der Waals surface area contributed by atoms with E-state index >= 15 is 0 Å². The molecule has 0 unspecified atom stereocenters. The average Bonchev–Trinajstić information content (AvgIpc) is 2.53. The van der Waals surface area contributed by atoms with Crippen LogP contribution < -0.4 is 0 Å². The van der Waals surface area contributed by atoms with E-state index in [-0.39, 0.29) is 11.3 Å². The van der Waals surface area contributed by atoms with E-state index in [0.717, 1.165) is 11.6 Å². The average molecular weight is 288 g/mol. The van der Waals surface area contributed by atoms with Gasteiger partial charge >= 0.3 is 0 Å². The van der Waals surface area contributed by atoms with Crippen LogP contribution in [0.2, 0.25) is 0 Å². The zero-order valence-corrected chi connectivity index (χ0v) is 12.2. The van der Waals surface area contributed by atoms with Gasteiger partial charge in [-0.15, -0.1) is 0 Å². The number of benzene rings is 2. The molecule has 0 aromatic heterocycles. The molecule has 0 fully saturated rings. The number of Topliss-reactive ketones (excluding diaryl/α,β-unsaturated/α-hetero) is 1. The van der Waals surface area contributed by atoms with Gasteiger partial charge in [0.1, 0.15) is 0 Å². The fourth-order valence-corrected chi connectivity index (χ4v) is 2.80. The summed E-state index contributed by atoms with van der Waals surface area (Å²) in [6.07, 6.45) is 1.06. The summed E-state index contributed by atoms with van der Waals surface area (Å²) in [5.74, 6) is -2.42. The Balaban J connectivity index is 2.58. The summed E-state index contributed by atoms with van der Waals surface area (Å²) in [4.78, 5) is 12.9. The number of carbonyl (C=O) groups excluding carboxylic acids is 1. The van der Waals surface area contributed by atoms with Crippen LogP contribution in [-0.2, 0) is 5.41 Å². The standard InChI is InChI=1S/C18H18F2O/c1-3-18(4-2,13-9-6-5-7-10-13)17(21)14-11-8-12-15(19)16(14)20/h5-12H,3-4H2,1-2H3. The number of halogens is 2. The van der Waals surface area contributed by atoms with Crippen LogP contribution >= 0.6 is 0 Å². The largest absolute Gasteiger partial charge is 0.293 e. The second-order valence-corrected chi connectivity index (χ2v) is 5.09. The van der Waals surface area contributed by atoms with Gasteiger partial charge in [0, 0.05) is 0 Å². The van der Waals surface area contributed by atoms with Gasteiger partial charge in [0.2, 0.25) is 0 Å². The van der Waals surface area contributed by atoms with Crippen molar-refractivity contribution in [2.24, 2.45) is 0 Å². The van der Waals surface area contributed by atoms with Crippen LogP contribution in [0.4, 0.5) is 8.78 Å². The quantitative estimate of drug-likeness (QED) is 0.715. The number of carbonyl (C=O) groups is 1. The Labute approximate surface area is 123 Å². The van der Waals surface area contributed by atoms with Crippen LogP contribution in [0.3, 0.4) is 0 Å². The lowest BCUT2D eigenvalue weighted by Gasteiger charge is -2.31. The fraction of sp³-hybridized carbons (Fsp3) is 0.278. The lowest BCUT2D eigenvalue weighted by atomic mass is 9.70. The molecule has 0 aliphatic carbocycles. The van der Waals surface area contributed by atoms with Gasteiger partial charge in [0.05, 0.1) is 11.0 Å². The first-order valence-electron chi connectivity index (χ1n) is 7.11. The van der Waals surface area contributed by atoms with Gasteiger partial charge in [-0.05, 0) is 30.5 Å². The van der Waals surface area contributed by atoms with Crippen molar-refractivity contribution in [2.45, 2.75) is 32.1 Å². The monoisotopic (exact) mass is 288 g/mol. The first-order valence-corrected chi connectivity index (χ1v) is 7.11. The zero-order valence-electron chi connectivity index (χ0n) is 12.2. The summed E-state index contributed by atoms with van der Waals surface area (Å²) < 4.78 is 27.4. The van der Waals surface area contributed by atoms with Crippen LogP contribution in [0.15, 0.2) is 48.5 Å². The molecule has 0 atom stereocenters. The van der Waals surface area contributed by atoms with E-state index in [0.29, 0.717) is 12.8 Å². The first kappa shape index (κ1) is 15.4. The Morgan fingerprint density at radius 3 is 2.14 bits per heavy atom. The van der Waals surface area contributed by atoms with Crippen molar-refractivity contribution >= 4 is 5.78 Å². The number of ketones is 1. The highest BCUT2D eigenvalue weighted by Gasteiger charge is 2.38. The topological polar surface area (TPSA) is 17.1 Å². The number of rotatable bonds is 5. The van der Waals surface area contributed by atoms with Crippen LogP contribution in [0.5, 0.6) is 0 Å². The van der Waals surface area contributed by atoms with E-state index in [4.69, 9.17) is 0 Å². The molecule has 0 aliphatic heterocycles. The molecule has 1 nitrogen and oxygen atoms in total. The maximum atomic E-state index is 14.0. The molecule has 0 saturated heterocycles. The second-order valence-electron chi connectivity index (χ2n) is 5.09. The normalized spacial score (nSPS) is 11.4. The summed E-state index contributed by atoms with van der Waals surface area (Å²) >= 11 is 0. The van der Waals surface area contributed by atoms with Crippen molar-refractivity contribution in [3.8, 4) is 0 Å². The molecule has 0 radical (unpaired) electrons. The van der Waals surface area contributed by atoms with Crippen LogP contribution in [-0.4, -0.2) is 5.78 Å². The molecule has 0 amide bonds. The number of hydrogen-bond acceptors (Lipinski definition) is 1. The third kappa shape index (κ3) is 2.60. The Morgan fingerprint density at radius 2 is 1.57 bits per heavy atom. The van der Waals surface area contributed by atoms with Gasteiger partial charge in [-0.1, -0.05) is 50.2 Å². The van der Waals surface area contributed by atoms with Crippen molar-refractivity contribution in [1.82, 2.24) is 0 Å². The Bertz CT molecular complexity index is 631. The molecule has 0 saturated carbocycles. The molecular weight excluding hydrogens is 270 g/mol. The van der Waals surface area contributed by atoms with E-state index < -0.39 is 17.0 Å². The van der Waals surface area contributed by atoms with Crippen LogP contribution in [0, 0.1) is 11.6 Å². The summed E-state index contributed by atoms with van der Waals surface area (Å²) in [7, 11) is 0. The fourth-order valence-electron chi connectivity index (χ4n) is 2.80. The number of hydrogen-bond donors (Lipinski definition) is 0. The lowest BCUT2D eigenvalue weighted by molar-refractivity contribution is 0.0867. The molecular formula is C18H18F2O. The lowest BCUT2D eigenvalue weighted by Crippen LogP contribution is -2.35. The van der Waals surface area contributed by atoms with E-state index in [9.17, 15) is 13.6 Å². The highest BCUT2D eigenvalue weighted by atomic mass is 19.2. The van der Waals surface area contributed by atoms with E-state index in [1.54, 1.807) is 0 Å². The maximum Gasteiger partial charge on any atom is 0.176 e. The van der Waals surface area contributed by atoms with Gasteiger partial charge in [-0.25, -0.2) is 8.78 Å². The smallest absolute Gasteiger partial charge is 0.176 e. The summed E-state index contributed by atoms with van der Waals surface area (Å²) in [6.45, 7) is 3.79. The van der Waals surface area contributed by atoms with Gasteiger partial charge in [-0.3, -0.25) is 4.79 Å². The van der Waals surface area contributed by atoms with Crippen molar-refractivity contribution < 1.29 is 13.6 Å². The molecule has 0 aliphatic rings. The van der Waals surface area contributed by atoms with Gasteiger partial charge in [-0.2, -0.15) is 0 Å². The molecule has 3 heteroatoms. The predicted molar refractivity (Wildman–Crippen MR) is 79.4 cm³/mol. The highest BCUT2D eigenvalue weighted by molar-refractivity contribution is 6.04. The molecule has 21 heavy (non-hydrogen) atoms. The Kier molecular flexibility index (Phi) is 4.51. The van der Waals surface area contributed by atoms with Gasteiger partial charge < -0.3 is 0 Å². The predicted octanol–water partition coefficient (Wildman–Crippen LogP) is 4.91. The minimum atomic E-state index is -1.07. The Hall–Kier alpha value is -2.03. The van der Waals surface area contributed by atoms with E-state index in [2.05, 4.69) is 0 Å².